The zero-order valence-electron chi connectivity index (χ0n) is 15.1. The van der Waals surface area contributed by atoms with Gasteiger partial charge in [0.25, 0.3) is 0 Å². The van der Waals surface area contributed by atoms with E-state index in [1.54, 1.807) is 12.4 Å². The van der Waals surface area contributed by atoms with E-state index in [9.17, 15) is 4.79 Å². The van der Waals surface area contributed by atoms with Crippen molar-refractivity contribution in [2.75, 3.05) is 7.05 Å². The van der Waals surface area contributed by atoms with Crippen LogP contribution in [0.5, 0.6) is 0 Å². The van der Waals surface area contributed by atoms with E-state index in [2.05, 4.69) is 47.3 Å². The van der Waals surface area contributed by atoms with E-state index in [1.807, 2.05) is 13.0 Å². The molecule has 0 radical (unpaired) electrons. The number of pyridine rings is 1. The summed E-state index contributed by atoms with van der Waals surface area (Å²) in [5, 5.41) is 0. The Balaban J connectivity index is 1.70. The highest BCUT2D eigenvalue weighted by Gasteiger charge is 2.54. The predicted molar refractivity (Wildman–Crippen MR) is 99.9 cm³/mol. The Hall–Kier alpha value is -2.00. The Kier molecular flexibility index (Phi) is 4.20. The fourth-order valence-corrected chi connectivity index (χ4v) is 5.19. The predicted octanol–water partition coefficient (Wildman–Crippen LogP) is 4.37. The van der Waals surface area contributed by atoms with Crippen LogP contribution in [-0.2, 0) is 0 Å². The third-order valence-electron chi connectivity index (χ3n) is 6.63. The van der Waals surface area contributed by atoms with Gasteiger partial charge in [0.2, 0.25) is 0 Å². The Labute approximate surface area is 150 Å². The molecule has 2 aliphatic heterocycles. The summed E-state index contributed by atoms with van der Waals surface area (Å²) in [6, 6.07) is 13.2. The van der Waals surface area contributed by atoms with Gasteiger partial charge in [-0.25, -0.2) is 0 Å². The molecule has 3 heteroatoms. The van der Waals surface area contributed by atoms with Crippen LogP contribution < -0.4 is 0 Å². The molecule has 2 aromatic rings. The van der Waals surface area contributed by atoms with Crippen LogP contribution in [0.25, 0.3) is 0 Å². The molecule has 1 aromatic heterocycles. The van der Waals surface area contributed by atoms with Crippen LogP contribution >= 0.6 is 0 Å². The van der Waals surface area contributed by atoms with Gasteiger partial charge in [-0.1, -0.05) is 30.3 Å². The second kappa shape index (κ2) is 6.38. The molecule has 1 aromatic carbocycles. The number of carbonyl (C=O) groups excluding carboxylic acids is 1. The highest BCUT2D eigenvalue weighted by Crippen LogP contribution is 2.53. The van der Waals surface area contributed by atoms with Crippen molar-refractivity contribution in [1.82, 2.24) is 9.88 Å². The smallest absolute Gasteiger partial charge is 0.163 e. The number of nitrogens with zero attached hydrogens (tertiary/aromatic N) is 2. The number of benzene rings is 1. The van der Waals surface area contributed by atoms with Gasteiger partial charge in [-0.2, -0.15) is 0 Å². The van der Waals surface area contributed by atoms with E-state index in [4.69, 9.17) is 0 Å². The lowest BCUT2D eigenvalue weighted by molar-refractivity contribution is 0.0908. The minimum atomic E-state index is 0.141. The molecule has 1 unspecified atom stereocenters. The average molecular weight is 334 g/mol. The Bertz CT molecular complexity index is 763. The van der Waals surface area contributed by atoms with Gasteiger partial charge < -0.3 is 0 Å². The zero-order chi connectivity index (χ0) is 17.4. The quantitative estimate of drug-likeness (QED) is 0.761. The van der Waals surface area contributed by atoms with Crippen LogP contribution in [0.4, 0.5) is 0 Å². The lowest BCUT2D eigenvalue weighted by Crippen LogP contribution is -2.44. The van der Waals surface area contributed by atoms with E-state index < -0.39 is 0 Å². The lowest BCUT2D eigenvalue weighted by Gasteiger charge is -2.40. The lowest BCUT2D eigenvalue weighted by atomic mass is 9.71. The number of likely N-dealkylation sites (N-methyl/N-ethyl adjacent to an activating group) is 1. The minimum absolute atomic E-state index is 0.141. The summed E-state index contributed by atoms with van der Waals surface area (Å²) >= 11 is 0. The first-order chi connectivity index (χ1) is 12.1. The summed E-state index contributed by atoms with van der Waals surface area (Å²) in [5.74, 6) is 0.498. The van der Waals surface area contributed by atoms with Crippen molar-refractivity contribution in [2.45, 2.75) is 56.5 Å². The molecule has 3 nitrogen and oxygen atoms in total. The zero-order valence-corrected chi connectivity index (χ0v) is 15.1. The van der Waals surface area contributed by atoms with E-state index in [-0.39, 0.29) is 17.2 Å². The maximum Gasteiger partial charge on any atom is 0.163 e. The molecule has 0 N–H and O–H groups in total. The van der Waals surface area contributed by atoms with E-state index in [0.29, 0.717) is 12.5 Å². The fourth-order valence-electron chi connectivity index (χ4n) is 5.19. The first kappa shape index (κ1) is 16.5. The SMILES string of the molecule is Cc1cnccc1C(=O)CC(c1ccccc1)C12CCC(CC1)N2C. The van der Waals surface area contributed by atoms with E-state index in [0.717, 1.165) is 11.1 Å². The first-order valence-electron chi connectivity index (χ1n) is 9.33. The molecule has 2 bridgehead atoms. The number of hydrogen-bond donors (Lipinski definition) is 0. The van der Waals surface area contributed by atoms with Crippen molar-refractivity contribution in [2.24, 2.45) is 0 Å². The van der Waals surface area contributed by atoms with Gasteiger partial charge in [-0.05, 0) is 56.8 Å². The van der Waals surface area contributed by atoms with Crippen LogP contribution in [0.1, 0.15) is 59.5 Å². The summed E-state index contributed by atoms with van der Waals surface area (Å²) in [6.07, 6.45) is 9.03. The van der Waals surface area contributed by atoms with Gasteiger partial charge in [0, 0.05) is 41.9 Å². The van der Waals surface area contributed by atoms with E-state index in [1.165, 1.54) is 31.2 Å². The van der Waals surface area contributed by atoms with Crippen molar-refractivity contribution in [3.63, 3.8) is 0 Å². The topological polar surface area (TPSA) is 33.2 Å². The number of hydrogen-bond acceptors (Lipinski definition) is 3. The third kappa shape index (κ3) is 2.71. The number of aryl methyl sites for hydroxylation is 1. The summed E-state index contributed by atoms with van der Waals surface area (Å²) < 4.78 is 0. The molecule has 3 heterocycles. The van der Waals surface area contributed by atoms with Crippen LogP contribution in [-0.4, -0.2) is 34.3 Å². The largest absolute Gasteiger partial charge is 0.297 e. The number of rotatable bonds is 5. The van der Waals surface area contributed by atoms with Crippen molar-refractivity contribution in [3.8, 4) is 0 Å². The van der Waals surface area contributed by atoms with Crippen molar-refractivity contribution < 1.29 is 4.79 Å². The fraction of sp³-hybridized carbons (Fsp3) is 0.455. The Morgan fingerprint density at radius 2 is 1.96 bits per heavy atom. The summed E-state index contributed by atoms with van der Waals surface area (Å²) in [4.78, 5) is 19.8. The van der Waals surface area contributed by atoms with Crippen molar-refractivity contribution in [3.05, 3.63) is 65.5 Å². The summed E-state index contributed by atoms with van der Waals surface area (Å²) in [6.45, 7) is 1.98. The molecule has 0 amide bonds. The van der Waals surface area contributed by atoms with E-state index >= 15 is 0 Å². The monoisotopic (exact) mass is 334 g/mol. The molecular formula is C22H26N2O. The van der Waals surface area contributed by atoms with Gasteiger partial charge in [-0.3, -0.25) is 14.7 Å². The van der Waals surface area contributed by atoms with Crippen LogP contribution in [0.2, 0.25) is 0 Å². The molecule has 0 aliphatic carbocycles. The standard InChI is InChI=1S/C22H26N2O/c1-16-15-23-13-10-19(16)21(25)14-20(17-6-4-3-5-7-17)22-11-8-18(9-12-22)24(22)2/h3-7,10,13,15,18,20H,8-9,11-12,14H2,1-2H3. The molecule has 2 fully saturated rings. The normalized spacial score (nSPS) is 26.7. The third-order valence-corrected chi connectivity index (χ3v) is 6.63. The van der Waals surface area contributed by atoms with Crippen molar-refractivity contribution in [1.29, 1.82) is 0 Å². The van der Waals surface area contributed by atoms with Gasteiger partial charge in [0.1, 0.15) is 0 Å². The molecule has 2 aliphatic rings. The number of carbonyl (C=O) groups is 1. The van der Waals surface area contributed by atoms with Crippen LogP contribution in [0, 0.1) is 6.92 Å². The van der Waals surface area contributed by atoms with Gasteiger partial charge >= 0.3 is 0 Å². The molecule has 25 heavy (non-hydrogen) atoms. The van der Waals surface area contributed by atoms with Crippen LogP contribution in [0.15, 0.2) is 48.8 Å². The minimum Gasteiger partial charge on any atom is -0.297 e. The van der Waals surface area contributed by atoms with Gasteiger partial charge in [0.15, 0.2) is 5.78 Å². The number of fused-ring (bicyclic) bond motifs is 2. The second-order valence-electron chi connectivity index (χ2n) is 7.73. The maximum atomic E-state index is 13.1. The molecule has 0 spiro atoms. The Morgan fingerprint density at radius 1 is 1.24 bits per heavy atom. The maximum absolute atomic E-state index is 13.1. The number of ketones is 1. The number of aromatic nitrogens is 1. The molecule has 0 saturated carbocycles. The molecule has 2 saturated heterocycles. The highest BCUT2D eigenvalue weighted by molar-refractivity contribution is 5.97. The molecule has 130 valence electrons. The van der Waals surface area contributed by atoms with Crippen LogP contribution in [0.3, 0.4) is 0 Å². The number of Topliss-reactive ketones (excluding diaryl/α,β-unsaturated/α-hetero) is 1. The second-order valence-corrected chi connectivity index (χ2v) is 7.73. The average Bonchev–Trinajstić information content (AvgIpc) is 3.13. The molecule has 1 atom stereocenters. The van der Waals surface area contributed by atoms with Crippen molar-refractivity contribution >= 4 is 5.78 Å². The van der Waals surface area contributed by atoms with Gasteiger partial charge in [-0.15, -0.1) is 0 Å². The van der Waals surface area contributed by atoms with Gasteiger partial charge in [0.05, 0.1) is 0 Å². The summed E-state index contributed by atoms with van der Waals surface area (Å²) in [5.41, 5.74) is 3.24. The first-order valence-corrected chi connectivity index (χ1v) is 9.33. The highest BCUT2D eigenvalue weighted by atomic mass is 16.1. The summed E-state index contributed by atoms with van der Waals surface area (Å²) in [7, 11) is 2.27. The Morgan fingerprint density at radius 3 is 2.56 bits per heavy atom. The molecule has 4 rings (SSSR count). The molecular weight excluding hydrogens is 308 g/mol.